The van der Waals surface area contributed by atoms with Gasteiger partial charge >= 0.3 is 0 Å². The maximum absolute atomic E-state index is 12.2. The predicted molar refractivity (Wildman–Crippen MR) is 83.7 cm³/mol. The Hall–Kier alpha value is -1.26. The first-order valence-electron chi connectivity index (χ1n) is 7.08. The van der Waals surface area contributed by atoms with Crippen molar-refractivity contribution < 1.29 is 9.53 Å². The van der Waals surface area contributed by atoms with Crippen molar-refractivity contribution in [1.29, 1.82) is 0 Å². The minimum absolute atomic E-state index is 0.109. The molecule has 0 heterocycles. The van der Waals surface area contributed by atoms with Gasteiger partial charge in [-0.15, -0.1) is 0 Å². The first-order chi connectivity index (χ1) is 9.69. The van der Waals surface area contributed by atoms with Crippen LogP contribution >= 0.6 is 11.6 Å². The first kappa shape index (κ1) is 16.8. The Balaban J connectivity index is 2.58. The summed E-state index contributed by atoms with van der Waals surface area (Å²) in [5.74, 6) is -0.109. The van der Waals surface area contributed by atoms with E-state index in [1.165, 1.54) is 0 Å². The summed E-state index contributed by atoms with van der Waals surface area (Å²) in [7, 11) is 0. The molecule has 0 aliphatic carbocycles. The molecule has 1 amide bonds. The van der Waals surface area contributed by atoms with Gasteiger partial charge in [-0.3, -0.25) is 4.79 Å². The molecule has 1 aromatic rings. The van der Waals surface area contributed by atoms with Crippen LogP contribution in [0.3, 0.4) is 0 Å². The number of halogens is 1. The Morgan fingerprint density at radius 2 is 2.10 bits per heavy atom. The van der Waals surface area contributed by atoms with Crippen LogP contribution in [0.1, 0.15) is 37.0 Å². The smallest absolute Gasteiger partial charge is 0.253 e. The fourth-order valence-electron chi connectivity index (χ4n) is 1.73. The van der Waals surface area contributed by atoms with Crippen LogP contribution in [0.2, 0.25) is 5.02 Å². The lowest BCUT2D eigenvalue weighted by atomic mass is 10.1. The summed E-state index contributed by atoms with van der Waals surface area (Å²) >= 11 is 5.97. The third-order valence-electron chi connectivity index (χ3n) is 2.75. The van der Waals surface area contributed by atoms with Crippen LogP contribution in [0.5, 0.6) is 0 Å². The topological polar surface area (TPSA) is 50.4 Å². The number of hydrogen-bond donors (Lipinski definition) is 2. The van der Waals surface area contributed by atoms with Crippen molar-refractivity contribution in [2.45, 2.75) is 26.7 Å². The molecular formula is C15H23ClN2O2. The molecule has 0 spiro atoms. The van der Waals surface area contributed by atoms with E-state index in [4.69, 9.17) is 16.3 Å². The van der Waals surface area contributed by atoms with Crippen LogP contribution in [0.15, 0.2) is 18.2 Å². The molecule has 1 aromatic carbocycles. The van der Waals surface area contributed by atoms with Gasteiger partial charge in [-0.1, -0.05) is 18.5 Å². The highest BCUT2D eigenvalue weighted by Crippen LogP contribution is 2.20. The van der Waals surface area contributed by atoms with E-state index in [1.54, 1.807) is 12.1 Å². The van der Waals surface area contributed by atoms with E-state index < -0.39 is 0 Å². The van der Waals surface area contributed by atoms with Crippen LogP contribution < -0.4 is 10.6 Å². The minimum Gasteiger partial charge on any atom is -0.384 e. The number of amides is 1. The quantitative estimate of drug-likeness (QED) is 0.688. The molecule has 0 atom stereocenters. The molecule has 0 aliphatic heterocycles. The van der Waals surface area contributed by atoms with Crippen LogP contribution in [0.25, 0.3) is 0 Å². The molecular weight excluding hydrogens is 276 g/mol. The summed E-state index contributed by atoms with van der Waals surface area (Å²) in [5, 5.41) is 6.68. The lowest BCUT2D eigenvalue weighted by Gasteiger charge is -2.12. The number of rotatable bonds is 9. The highest BCUT2D eigenvalue weighted by Gasteiger charge is 2.11. The molecule has 4 nitrogen and oxygen atoms in total. The number of hydrogen-bond acceptors (Lipinski definition) is 3. The zero-order valence-electron chi connectivity index (χ0n) is 12.2. The molecule has 2 N–H and O–H groups in total. The van der Waals surface area contributed by atoms with Gasteiger partial charge in [-0.25, -0.2) is 0 Å². The summed E-state index contributed by atoms with van der Waals surface area (Å²) in [4.78, 5) is 12.2. The molecule has 0 aromatic heterocycles. The molecule has 20 heavy (non-hydrogen) atoms. The molecule has 5 heteroatoms. The first-order valence-corrected chi connectivity index (χ1v) is 7.46. The number of anilines is 1. The van der Waals surface area contributed by atoms with E-state index in [2.05, 4.69) is 17.6 Å². The lowest BCUT2D eigenvalue weighted by molar-refractivity contribution is 0.0945. The fourth-order valence-corrected chi connectivity index (χ4v) is 1.91. The highest BCUT2D eigenvalue weighted by molar-refractivity contribution is 6.31. The minimum atomic E-state index is -0.109. The maximum atomic E-state index is 12.2. The van der Waals surface area contributed by atoms with Crippen molar-refractivity contribution in [2.24, 2.45) is 0 Å². The van der Waals surface area contributed by atoms with Gasteiger partial charge in [-0.05, 0) is 38.0 Å². The second-order valence-electron chi connectivity index (χ2n) is 4.42. The maximum Gasteiger partial charge on any atom is 0.253 e. The molecule has 0 radical (unpaired) electrons. The molecule has 0 unspecified atom stereocenters. The van der Waals surface area contributed by atoms with Crippen molar-refractivity contribution >= 4 is 23.2 Å². The largest absolute Gasteiger partial charge is 0.384 e. The van der Waals surface area contributed by atoms with E-state index in [0.717, 1.165) is 25.1 Å². The molecule has 0 saturated carbocycles. The van der Waals surface area contributed by atoms with Gasteiger partial charge in [0.15, 0.2) is 0 Å². The van der Waals surface area contributed by atoms with E-state index >= 15 is 0 Å². The third kappa shape index (κ3) is 5.80. The number of nitrogens with one attached hydrogen (secondary N) is 2. The van der Waals surface area contributed by atoms with Gasteiger partial charge in [0.2, 0.25) is 0 Å². The van der Waals surface area contributed by atoms with Gasteiger partial charge in [0.1, 0.15) is 0 Å². The van der Waals surface area contributed by atoms with Crippen molar-refractivity contribution in [3.05, 3.63) is 28.8 Å². The lowest BCUT2D eigenvalue weighted by Crippen LogP contribution is -2.26. The van der Waals surface area contributed by atoms with Gasteiger partial charge in [-0.2, -0.15) is 0 Å². The summed E-state index contributed by atoms with van der Waals surface area (Å²) in [6, 6.07) is 5.32. The van der Waals surface area contributed by atoms with Gasteiger partial charge < -0.3 is 15.4 Å². The summed E-state index contributed by atoms with van der Waals surface area (Å²) in [6.45, 7) is 6.82. The van der Waals surface area contributed by atoms with Crippen LogP contribution in [0.4, 0.5) is 5.69 Å². The molecule has 0 bridgehead atoms. The van der Waals surface area contributed by atoms with Crippen molar-refractivity contribution in [3.8, 4) is 0 Å². The average molecular weight is 299 g/mol. The van der Waals surface area contributed by atoms with Crippen molar-refractivity contribution in [3.63, 3.8) is 0 Å². The van der Waals surface area contributed by atoms with E-state index in [-0.39, 0.29) is 5.91 Å². The van der Waals surface area contributed by atoms with E-state index in [1.807, 2.05) is 13.0 Å². The monoisotopic (exact) mass is 298 g/mol. The van der Waals surface area contributed by atoms with Crippen molar-refractivity contribution in [1.82, 2.24) is 5.32 Å². The van der Waals surface area contributed by atoms with Crippen LogP contribution in [-0.4, -0.2) is 32.2 Å². The highest BCUT2D eigenvalue weighted by atomic mass is 35.5. The standard InChI is InChI=1S/C15H23ClN2O2/c1-3-8-17-14-7-6-12(16)11-13(14)15(19)18-9-5-10-20-4-2/h6-7,11,17H,3-5,8-10H2,1-2H3,(H,18,19). The molecule has 112 valence electrons. The van der Waals surface area contributed by atoms with Crippen LogP contribution in [0, 0.1) is 0 Å². The molecule has 0 aliphatic rings. The third-order valence-corrected chi connectivity index (χ3v) is 2.98. The van der Waals surface area contributed by atoms with Crippen LogP contribution in [-0.2, 0) is 4.74 Å². The number of carbonyl (C=O) groups is 1. The summed E-state index contributed by atoms with van der Waals surface area (Å²) < 4.78 is 5.23. The number of ether oxygens (including phenoxy) is 1. The van der Waals surface area contributed by atoms with E-state index in [9.17, 15) is 4.79 Å². The van der Waals surface area contributed by atoms with Gasteiger partial charge in [0, 0.05) is 37.0 Å². The Labute approximate surface area is 125 Å². The van der Waals surface area contributed by atoms with E-state index in [0.29, 0.717) is 30.3 Å². The fraction of sp³-hybridized carbons (Fsp3) is 0.533. The number of carbonyl (C=O) groups excluding carboxylic acids is 1. The second kappa shape index (κ2) is 9.61. The Morgan fingerprint density at radius 1 is 1.30 bits per heavy atom. The summed E-state index contributed by atoms with van der Waals surface area (Å²) in [6.07, 6.45) is 1.80. The SMILES string of the molecule is CCCNc1ccc(Cl)cc1C(=O)NCCCOCC. The van der Waals surface area contributed by atoms with Gasteiger partial charge in [0.25, 0.3) is 5.91 Å². The van der Waals surface area contributed by atoms with Gasteiger partial charge in [0.05, 0.1) is 5.56 Å². The summed E-state index contributed by atoms with van der Waals surface area (Å²) in [5.41, 5.74) is 1.40. The Morgan fingerprint density at radius 3 is 2.80 bits per heavy atom. The van der Waals surface area contributed by atoms with Crippen molar-refractivity contribution in [2.75, 3.05) is 31.6 Å². The normalized spacial score (nSPS) is 10.3. The average Bonchev–Trinajstić information content (AvgIpc) is 2.45. The molecule has 1 rings (SSSR count). The second-order valence-corrected chi connectivity index (χ2v) is 4.86. The number of benzene rings is 1. The molecule has 0 fully saturated rings. The zero-order chi connectivity index (χ0) is 14.8. The predicted octanol–water partition coefficient (Wildman–Crippen LogP) is 3.32. The Bertz CT molecular complexity index is 424. The molecule has 0 saturated heterocycles. The Kier molecular flexibility index (Phi) is 8.07. The zero-order valence-corrected chi connectivity index (χ0v) is 12.9.